The van der Waals surface area contributed by atoms with E-state index in [-0.39, 0.29) is 0 Å². The molecule has 0 unspecified atom stereocenters. The summed E-state index contributed by atoms with van der Waals surface area (Å²) in [5.74, 6) is -0.865. The highest BCUT2D eigenvalue weighted by atomic mass is 19.4. The number of ether oxygens (including phenoxy) is 1. The number of halogens is 3. The smallest absolute Gasteiger partial charge is 0.504 e. The maximum absolute atomic E-state index is 12.3. The molecule has 4 nitrogen and oxygen atoms in total. The summed E-state index contributed by atoms with van der Waals surface area (Å²) >= 11 is 0. The van der Waals surface area contributed by atoms with E-state index in [0.29, 0.717) is 16.9 Å². The van der Waals surface area contributed by atoms with E-state index in [2.05, 4.69) is 14.7 Å². The Balaban J connectivity index is 2.04. The summed E-state index contributed by atoms with van der Waals surface area (Å²) in [5.41, 5.74) is 1.83. The molecule has 0 radical (unpaired) electrons. The fraction of sp³-hybridized carbons (Fsp3) is 0.0714. The Morgan fingerprint density at radius 3 is 2.57 bits per heavy atom. The van der Waals surface area contributed by atoms with Crippen LogP contribution in [0.5, 0.6) is 11.5 Å². The van der Waals surface area contributed by atoms with Crippen LogP contribution < -0.4 is 4.74 Å². The molecule has 3 rings (SSSR count). The first kappa shape index (κ1) is 13.3. The Bertz CT molecular complexity index is 763. The summed E-state index contributed by atoms with van der Waals surface area (Å²) in [5, 5.41) is 9.43. The molecule has 21 heavy (non-hydrogen) atoms. The number of imidazole rings is 1. The number of aromatic amines is 1. The second-order valence-electron chi connectivity index (χ2n) is 4.33. The largest absolute Gasteiger partial charge is 0.573 e. The minimum atomic E-state index is -4.87. The quantitative estimate of drug-likeness (QED) is 0.755. The summed E-state index contributed by atoms with van der Waals surface area (Å²) in [6, 6.07) is 10.9. The Morgan fingerprint density at radius 1 is 1.10 bits per heavy atom. The number of alkyl halides is 3. The van der Waals surface area contributed by atoms with E-state index in [9.17, 15) is 18.3 Å². The highest BCUT2D eigenvalue weighted by Gasteiger charge is 2.32. The number of H-pyrrole nitrogens is 1. The molecule has 0 bridgehead atoms. The Morgan fingerprint density at radius 2 is 1.86 bits per heavy atom. The maximum atomic E-state index is 12.3. The molecule has 0 saturated heterocycles. The number of para-hydroxylation sites is 2. The van der Waals surface area contributed by atoms with Crippen LogP contribution in [0.1, 0.15) is 0 Å². The molecule has 3 aromatic rings. The van der Waals surface area contributed by atoms with Gasteiger partial charge in [0.1, 0.15) is 5.82 Å². The van der Waals surface area contributed by atoms with Crippen molar-refractivity contribution in [3.8, 4) is 22.9 Å². The lowest BCUT2D eigenvalue weighted by Crippen LogP contribution is -2.17. The molecule has 0 aliphatic heterocycles. The van der Waals surface area contributed by atoms with E-state index in [1.54, 1.807) is 12.1 Å². The summed E-state index contributed by atoms with van der Waals surface area (Å²) < 4.78 is 40.6. The number of hydrogen-bond donors (Lipinski definition) is 2. The minimum absolute atomic E-state index is 0.378. The third-order valence-corrected chi connectivity index (χ3v) is 2.85. The van der Waals surface area contributed by atoms with Crippen LogP contribution in [0.4, 0.5) is 13.2 Å². The van der Waals surface area contributed by atoms with E-state index in [1.807, 2.05) is 12.1 Å². The molecule has 0 fully saturated rings. The number of rotatable bonds is 2. The van der Waals surface area contributed by atoms with Crippen molar-refractivity contribution in [3.63, 3.8) is 0 Å². The third kappa shape index (κ3) is 2.76. The molecule has 0 amide bonds. The van der Waals surface area contributed by atoms with Gasteiger partial charge < -0.3 is 14.8 Å². The molecular weight excluding hydrogens is 285 g/mol. The first-order valence-electron chi connectivity index (χ1n) is 5.96. The molecule has 1 heterocycles. The Kier molecular flexibility index (Phi) is 2.97. The number of aromatic nitrogens is 2. The average molecular weight is 294 g/mol. The fourth-order valence-corrected chi connectivity index (χ4v) is 1.96. The predicted molar refractivity (Wildman–Crippen MR) is 69.9 cm³/mol. The zero-order chi connectivity index (χ0) is 15.0. The van der Waals surface area contributed by atoms with Gasteiger partial charge in [0.15, 0.2) is 11.5 Å². The normalized spacial score (nSPS) is 11.8. The van der Waals surface area contributed by atoms with Crippen molar-refractivity contribution < 1.29 is 23.0 Å². The summed E-state index contributed by atoms with van der Waals surface area (Å²) in [6.07, 6.45) is -4.87. The average Bonchev–Trinajstić information content (AvgIpc) is 2.83. The van der Waals surface area contributed by atoms with Gasteiger partial charge in [-0.05, 0) is 30.3 Å². The van der Waals surface area contributed by atoms with E-state index in [0.717, 1.165) is 17.6 Å². The van der Waals surface area contributed by atoms with Crippen molar-refractivity contribution in [1.29, 1.82) is 0 Å². The Hall–Kier alpha value is -2.70. The number of benzene rings is 2. The number of aromatic hydroxyl groups is 1. The molecule has 7 heteroatoms. The van der Waals surface area contributed by atoms with E-state index in [4.69, 9.17) is 0 Å². The lowest BCUT2D eigenvalue weighted by atomic mass is 10.2. The lowest BCUT2D eigenvalue weighted by molar-refractivity contribution is -0.275. The van der Waals surface area contributed by atoms with Crippen LogP contribution in [0.15, 0.2) is 42.5 Å². The zero-order valence-electron chi connectivity index (χ0n) is 10.5. The van der Waals surface area contributed by atoms with Gasteiger partial charge in [-0.15, -0.1) is 13.2 Å². The van der Waals surface area contributed by atoms with Gasteiger partial charge in [0.25, 0.3) is 0 Å². The van der Waals surface area contributed by atoms with Gasteiger partial charge in [0.2, 0.25) is 0 Å². The van der Waals surface area contributed by atoms with E-state index < -0.39 is 17.9 Å². The topological polar surface area (TPSA) is 58.1 Å². The van der Waals surface area contributed by atoms with Gasteiger partial charge in [-0.3, -0.25) is 0 Å². The van der Waals surface area contributed by atoms with Gasteiger partial charge in [-0.25, -0.2) is 4.98 Å². The fourth-order valence-electron chi connectivity index (χ4n) is 1.96. The SMILES string of the molecule is Oc1ccc(-c2nc3ccccc3[nH]2)cc1OC(F)(F)F. The Labute approximate surface area is 116 Å². The number of fused-ring (bicyclic) bond motifs is 1. The van der Waals surface area contributed by atoms with Crippen molar-refractivity contribution in [1.82, 2.24) is 9.97 Å². The van der Waals surface area contributed by atoms with Crippen LogP contribution in [-0.2, 0) is 0 Å². The van der Waals surface area contributed by atoms with E-state index in [1.165, 1.54) is 6.07 Å². The molecule has 0 saturated carbocycles. The first-order valence-corrected chi connectivity index (χ1v) is 5.96. The number of hydrogen-bond acceptors (Lipinski definition) is 3. The van der Waals surface area contributed by atoms with Gasteiger partial charge in [0, 0.05) is 5.56 Å². The van der Waals surface area contributed by atoms with Crippen LogP contribution in [-0.4, -0.2) is 21.4 Å². The lowest BCUT2D eigenvalue weighted by Gasteiger charge is -2.11. The molecule has 2 N–H and O–H groups in total. The van der Waals surface area contributed by atoms with Crippen LogP contribution >= 0.6 is 0 Å². The third-order valence-electron chi connectivity index (χ3n) is 2.85. The van der Waals surface area contributed by atoms with Gasteiger partial charge in [-0.1, -0.05) is 12.1 Å². The first-order chi connectivity index (χ1) is 9.92. The van der Waals surface area contributed by atoms with Crippen molar-refractivity contribution in [2.24, 2.45) is 0 Å². The summed E-state index contributed by atoms with van der Waals surface area (Å²) in [4.78, 5) is 7.27. The van der Waals surface area contributed by atoms with Crippen LogP contribution in [0.25, 0.3) is 22.4 Å². The molecule has 2 aromatic carbocycles. The van der Waals surface area contributed by atoms with Crippen molar-refractivity contribution >= 4 is 11.0 Å². The number of phenols is 1. The number of nitrogens with zero attached hydrogens (tertiary/aromatic N) is 1. The number of phenolic OH excluding ortho intramolecular Hbond substituents is 1. The second-order valence-corrected chi connectivity index (χ2v) is 4.33. The van der Waals surface area contributed by atoms with Gasteiger partial charge in [-0.2, -0.15) is 0 Å². The standard InChI is InChI=1S/C14H9F3N2O2/c15-14(16,17)21-12-7-8(5-6-11(12)20)13-18-9-3-1-2-4-10(9)19-13/h1-7,20H,(H,18,19). The summed E-state index contributed by atoms with van der Waals surface area (Å²) in [7, 11) is 0. The predicted octanol–water partition coefficient (Wildman–Crippen LogP) is 3.83. The van der Waals surface area contributed by atoms with Crippen molar-refractivity contribution in [3.05, 3.63) is 42.5 Å². The molecule has 0 atom stereocenters. The van der Waals surface area contributed by atoms with Gasteiger partial charge in [0.05, 0.1) is 11.0 Å². The highest BCUT2D eigenvalue weighted by Crippen LogP contribution is 2.34. The second kappa shape index (κ2) is 4.69. The monoisotopic (exact) mass is 294 g/mol. The van der Waals surface area contributed by atoms with Crippen molar-refractivity contribution in [2.45, 2.75) is 6.36 Å². The maximum Gasteiger partial charge on any atom is 0.573 e. The summed E-state index contributed by atoms with van der Waals surface area (Å²) in [6.45, 7) is 0. The van der Waals surface area contributed by atoms with Crippen LogP contribution in [0.2, 0.25) is 0 Å². The minimum Gasteiger partial charge on any atom is -0.504 e. The van der Waals surface area contributed by atoms with E-state index >= 15 is 0 Å². The number of nitrogens with one attached hydrogen (secondary N) is 1. The van der Waals surface area contributed by atoms with Crippen LogP contribution in [0.3, 0.4) is 0 Å². The molecule has 1 aromatic heterocycles. The van der Waals surface area contributed by atoms with Gasteiger partial charge >= 0.3 is 6.36 Å². The van der Waals surface area contributed by atoms with Crippen molar-refractivity contribution in [2.75, 3.05) is 0 Å². The van der Waals surface area contributed by atoms with Crippen LogP contribution in [0, 0.1) is 0 Å². The molecule has 0 aliphatic rings. The zero-order valence-corrected chi connectivity index (χ0v) is 10.5. The molecule has 0 spiro atoms. The molecule has 0 aliphatic carbocycles. The highest BCUT2D eigenvalue weighted by molar-refractivity contribution is 5.79. The molecular formula is C14H9F3N2O2. The molecule has 108 valence electrons.